The van der Waals surface area contributed by atoms with Crippen LogP contribution in [0, 0.1) is 11.8 Å². The number of methoxy groups -OCH3 is 1. The van der Waals surface area contributed by atoms with E-state index in [-0.39, 0.29) is 24.2 Å². The van der Waals surface area contributed by atoms with Gasteiger partial charge in [-0.25, -0.2) is 0 Å². The topological polar surface area (TPSA) is 58.6 Å². The first kappa shape index (κ1) is 19.3. The van der Waals surface area contributed by atoms with Crippen LogP contribution in [0.5, 0.6) is 5.75 Å². The van der Waals surface area contributed by atoms with Gasteiger partial charge in [0, 0.05) is 31.3 Å². The molecule has 1 aromatic rings. The number of carbonyl (C=O) groups excluding carboxylic acids is 2. The maximum atomic E-state index is 12.5. The molecule has 0 unspecified atom stereocenters. The second-order valence-electron chi connectivity index (χ2n) is 6.77. The first-order chi connectivity index (χ1) is 12.1. The van der Waals surface area contributed by atoms with Gasteiger partial charge < -0.3 is 15.0 Å². The molecule has 5 heteroatoms. The van der Waals surface area contributed by atoms with Gasteiger partial charge in [0.15, 0.2) is 0 Å². The van der Waals surface area contributed by atoms with Crippen molar-refractivity contribution in [3.63, 3.8) is 0 Å². The molecule has 0 saturated carbocycles. The third kappa shape index (κ3) is 5.21. The summed E-state index contributed by atoms with van der Waals surface area (Å²) >= 11 is 0. The predicted molar refractivity (Wildman–Crippen MR) is 99.8 cm³/mol. The molecule has 5 nitrogen and oxygen atoms in total. The summed E-state index contributed by atoms with van der Waals surface area (Å²) in [7, 11) is 1.60. The molecule has 1 N–H and O–H groups in total. The third-order valence-corrected chi connectivity index (χ3v) is 4.97. The number of unbranched alkanes of at least 4 members (excludes halogenated alkanes) is 1. The highest BCUT2D eigenvalue weighted by atomic mass is 16.5. The van der Waals surface area contributed by atoms with Crippen LogP contribution in [0.1, 0.15) is 46.0 Å². The average Bonchev–Trinajstić information content (AvgIpc) is 3.03. The van der Waals surface area contributed by atoms with Crippen LogP contribution >= 0.6 is 0 Å². The number of hydrogen-bond acceptors (Lipinski definition) is 3. The van der Waals surface area contributed by atoms with Crippen LogP contribution in [0.2, 0.25) is 0 Å². The quantitative estimate of drug-likeness (QED) is 0.746. The van der Waals surface area contributed by atoms with Crippen molar-refractivity contribution in [3.8, 4) is 5.75 Å². The van der Waals surface area contributed by atoms with E-state index >= 15 is 0 Å². The van der Waals surface area contributed by atoms with Gasteiger partial charge in [-0.05, 0) is 24.5 Å². The summed E-state index contributed by atoms with van der Waals surface area (Å²) in [6.07, 6.45) is 4.86. The van der Waals surface area contributed by atoms with E-state index in [1.165, 1.54) is 12.8 Å². The number of anilines is 1. The van der Waals surface area contributed by atoms with Crippen LogP contribution in [-0.4, -0.2) is 32.0 Å². The van der Waals surface area contributed by atoms with Crippen molar-refractivity contribution in [1.82, 2.24) is 5.32 Å². The number of amides is 2. The highest BCUT2D eigenvalue weighted by molar-refractivity contribution is 6.00. The number of ether oxygens (including phenoxy) is 1. The molecule has 2 rings (SSSR count). The molecule has 2 atom stereocenters. The molecule has 1 aliphatic rings. The highest BCUT2D eigenvalue weighted by Gasteiger charge is 2.35. The molecule has 0 radical (unpaired) electrons. The Labute approximate surface area is 150 Å². The zero-order chi connectivity index (χ0) is 18.2. The molecule has 1 fully saturated rings. The number of nitrogens with one attached hydrogen (secondary N) is 1. The molecule has 0 aliphatic carbocycles. The first-order valence-electron chi connectivity index (χ1n) is 9.31. The summed E-state index contributed by atoms with van der Waals surface area (Å²) in [4.78, 5) is 26.5. The minimum absolute atomic E-state index is 0.00584. The zero-order valence-electron chi connectivity index (χ0n) is 15.6. The molecule has 25 heavy (non-hydrogen) atoms. The normalized spacial score (nSPS) is 18.3. The Hall–Kier alpha value is -2.04. The largest absolute Gasteiger partial charge is 0.497 e. The SMILES string of the molecule is CCCC[C@H](CC)CNC(=O)[C@H]1CC(=O)N(c2cccc(OC)c2)C1. The number of hydrogen-bond donors (Lipinski definition) is 1. The van der Waals surface area contributed by atoms with Gasteiger partial charge in [0.25, 0.3) is 0 Å². The predicted octanol–water partition coefficient (Wildman–Crippen LogP) is 3.38. The number of carbonyl (C=O) groups is 2. The lowest BCUT2D eigenvalue weighted by atomic mass is 9.99. The average molecular weight is 346 g/mol. The summed E-state index contributed by atoms with van der Waals surface area (Å²) in [5, 5.41) is 3.06. The van der Waals surface area contributed by atoms with Gasteiger partial charge in [0.1, 0.15) is 5.75 Å². The van der Waals surface area contributed by atoms with Crippen molar-refractivity contribution in [2.75, 3.05) is 25.1 Å². The van der Waals surface area contributed by atoms with Crippen LogP contribution in [0.4, 0.5) is 5.69 Å². The van der Waals surface area contributed by atoms with Gasteiger partial charge in [-0.15, -0.1) is 0 Å². The van der Waals surface area contributed by atoms with Gasteiger partial charge in [0.05, 0.1) is 13.0 Å². The summed E-state index contributed by atoms with van der Waals surface area (Å²) in [6.45, 7) is 5.49. The van der Waals surface area contributed by atoms with Crippen molar-refractivity contribution in [3.05, 3.63) is 24.3 Å². The third-order valence-electron chi connectivity index (χ3n) is 4.97. The van der Waals surface area contributed by atoms with Crippen molar-refractivity contribution in [2.24, 2.45) is 11.8 Å². The lowest BCUT2D eigenvalue weighted by Gasteiger charge is -2.19. The second-order valence-corrected chi connectivity index (χ2v) is 6.77. The van der Waals surface area contributed by atoms with Crippen LogP contribution < -0.4 is 15.0 Å². The summed E-state index contributed by atoms with van der Waals surface area (Å²) < 4.78 is 5.22. The smallest absolute Gasteiger partial charge is 0.227 e. The molecular formula is C20H30N2O3. The van der Waals surface area contributed by atoms with E-state index in [1.54, 1.807) is 12.0 Å². The monoisotopic (exact) mass is 346 g/mol. The molecule has 1 heterocycles. The fraction of sp³-hybridized carbons (Fsp3) is 0.600. The van der Waals surface area contributed by atoms with E-state index in [9.17, 15) is 9.59 Å². The molecule has 0 bridgehead atoms. The van der Waals surface area contributed by atoms with Gasteiger partial charge in [0.2, 0.25) is 11.8 Å². The Balaban J connectivity index is 1.91. The number of benzene rings is 1. The number of nitrogens with zero attached hydrogens (tertiary/aromatic N) is 1. The van der Waals surface area contributed by atoms with Gasteiger partial charge in [-0.1, -0.05) is 39.2 Å². The van der Waals surface area contributed by atoms with E-state index in [4.69, 9.17) is 4.74 Å². The standard InChI is InChI=1S/C20H30N2O3/c1-4-6-8-15(5-2)13-21-20(24)16-11-19(23)22(14-16)17-9-7-10-18(12-17)25-3/h7,9-10,12,15-16H,4-6,8,11,13-14H2,1-3H3,(H,21,24)/t15-,16-/m0/s1. The van der Waals surface area contributed by atoms with Gasteiger partial charge >= 0.3 is 0 Å². The van der Waals surface area contributed by atoms with Crippen molar-refractivity contribution in [2.45, 2.75) is 46.0 Å². The summed E-state index contributed by atoms with van der Waals surface area (Å²) in [5.74, 6) is 0.943. The maximum absolute atomic E-state index is 12.5. The summed E-state index contributed by atoms with van der Waals surface area (Å²) in [6, 6.07) is 7.40. The molecule has 0 spiro atoms. The summed E-state index contributed by atoms with van der Waals surface area (Å²) in [5.41, 5.74) is 0.786. The van der Waals surface area contributed by atoms with Crippen molar-refractivity contribution in [1.29, 1.82) is 0 Å². The van der Waals surface area contributed by atoms with E-state index < -0.39 is 0 Å². The molecule has 1 aliphatic heterocycles. The lowest BCUT2D eigenvalue weighted by Crippen LogP contribution is -2.35. The Morgan fingerprint density at radius 1 is 1.40 bits per heavy atom. The molecular weight excluding hydrogens is 316 g/mol. The second kappa shape index (κ2) is 9.44. The van der Waals surface area contributed by atoms with Crippen LogP contribution in [-0.2, 0) is 9.59 Å². The van der Waals surface area contributed by atoms with Gasteiger partial charge in [-0.3, -0.25) is 9.59 Å². The Morgan fingerprint density at radius 2 is 2.20 bits per heavy atom. The first-order valence-corrected chi connectivity index (χ1v) is 9.31. The fourth-order valence-electron chi connectivity index (χ4n) is 3.24. The van der Waals surface area contributed by atoms with E-state index in [0.717, 1.165) is 18.5 Å². The molecule has 1 aromatic carbocycles. The zero-order valence-corrected chi connectivity index (χ0v) is 15.6. The molecule has 138 valence electrons. The molecule has 0 aromatic heterocycles. The Kier molecular flexibility index (Phi) is 7.29. The highest BCUT2D eigenvalue weighted by Crippen LogP contribution is 2.28. The lowest BCUT2D eigenvalue weighted by molar-refractivity contribution is -0.126. The minimum atomic E-state index is -0.276. The molecule has 1 saturated heterocycles. The Morgan fingerprint density at radius 3 is 2.88 bits per heavy atom. The Bertz CT molecular complexity index is 588. The van der Waals surface area contributed by atoms with Crippen LogP contribution in [0.15, 0.2) is 24.3 Å². The molecule has 2 amide bonds. The van der Waals surface area contributed by atoms with Crippen molar-refractivity contribution >= 4 is 17.5 Å². The number of rotatable bonds is 9. The van der Waals surface area contributed by atoms with E-state index in [2.05, 4.69) is 19.2 Å². The van der Waals surface area contributed by atoms with Crippen molar-refractivity contribution < 1.29 is 14.3 Å². The van der Waals surface area contributed by atoms with Crippen LogP contribution in [0.25, 0.3) is 0 Å². The maximum Gasteiger partial charge on any atom is 0.227 e. The van der Waals surface area contributed by atoms with E-state index in [0.29, 0.717) is 24.8 Å². The van der Waals surface area contributed by atoms with Gasteiger partial charge in [-0.2, -0.15) is 0 Å². The fourth-order valence-corrected chi connectivity index (χ4v) is 3.24. The van der Waals surface area contributed by atoms with E-state index in [1.807, 2.05) is 24.3 Å². The minimum Gasteiger partial charge on any atom is -0.497 e. The van der Waals surface area contributed by atoms with Crippen LogP contribution in [0.3, 0.4) is 0 Å².